The van der Waals surface area contributed by atoms with Crippen molar-refractivity contribution in [2.75, 3.05) is 11.1 Å². The Bertz CT molecular complexity index is 882. The van der Waals surface area contributed by atoms with Crippen molar-refractivity contribution in [1.82, 2.24) is 0 Å². The second-order valence-corrected chi connectivity index (χ2v) is 7.34. The normalized spacial score (nSPS) is 11.1. The van der Waals surface area contributed by atoms with Crippen LogP contribution in [0.5, 0.6) is 0 Å². The average Bonchev–Trinajstić information content (AvgIpc) is 2.55. The van der Waals surface area contributed by atoms with Crippen LogP contribution < -0.4 is 5.32 Å². The number of amides is 1. The molecule has 132 valence electrons. The Labute approximate surface area is 143 Å². The zero-order chi connectivity index (χ0) is 18.4. The highest BCUT2D eigenvalue weighted by molar-refractivity contribution is 7.91. The van der Waals surface area contributed by atoms with Gasteiger partial charge in [0.25, 0.3) is 5.69 Å². The van der Waals surface area contributed by atoms with E-state index in [2.05, 4.69) is 5.32 Å². The van der Waals surface area contributed by atoms with Crippen LogP contribution in [0.4, 0.5) is 15.8 Å². The number of sulfone groups is 1. The molecule has 0 aliphatic heterocycles. The second kappa shape index (κ2) is 7.84. The highest BCUT2D eigenvalue weighted by Gasteiger charge is 2.15. The minimum absolute atomic E-state index is 0.00649. The molecule has 0 aliphatic rings. The smallest absolute Gasteiger partial charge is 0.271 e. The Morgan fingerprint density at radius 1 is 1.16 bits per heavy atom. The number of rotatable bonds is 7. The summed E-state index contributed by atoms with van der Waals surface area (Å²) >= 11 is 0. The van der Waals surface area contributed by atoms with E-state index in [-0.39, 0.29) is 34.9 Å². The molecule has 2 rings (SSSR count). The molecule has 0 saturated carbocycles. The lowest BCUT2D eigenvalue weighted by atomic mass is 10.2. The maximum Gasteiger partial charge on any atom is 0.271 e. The average molecular weight is 366 g/mol. The van der Waals surface area contributed by atoms with Gasteiger partial charge in [0.2, 0.25) is 5.91 Å². The van der Waals surface area contributed by atoms with Crippen molar-refractivity contribution in [3.05, 3.63) is 64.5 Å². The highest BCUT2D eigenvalue weighted by Crippen LogP contribution is 2.18. The molecular weight excluding hydrogens is 351 g/mol. The van der Waals surface area contributed by atoms with Crippen LogP contribution in [0.25, 0.3) is 0 Å². The van der Waals surface area contributed by atoms with E-state index in [1.54, 1.807) is 0 Å². The Kier molecular flexibility index (Phi) is 5.81. The van der Waals surface area contributed by atoms with Gasteiger partial charge in [-0.15, -0.1) is 0 Å². The Morgan fingerprint density at radius 3 is 2.48 bits per heavy atom. The SMILES string of the molecule is O=C(CCCS(=O)(=O)c1ccc(F)cc1)Nc1cccc([N+](=O)[O-])c1. The van der Waals surface area contributed by atoms with Gasteiger partial charge in [-0.05, 0) is 36.8 Å². The maximum absolute atomic E-state index is 12.8. The molecule has 0 fully saturated rings. The third kappa shape index (κ3) is 5.35. The highest BCUT2D eigenvalue weighted by atomic mass is 32.2. The van der Waals surface area contributed by atoms with Crippen LogP contribution in [-0.2, 0) is 14.6 Å². The molecule has 25 heavy (non-hydrogen) atoms. The summed E-state index contributed by atoms with van der Waals surface area (Å²) in [6, 6.07) is 9.91. The van der Waals surface area contributed by atoms with Crippen LogP contribution in [0.3, 0.4) is 0 Å². The summed E-state index contributed by atoms with van der Waals surface area (Å²) in [5.74, 6) is -1.24. The molecule has 9 heteroatoms. The number of anilines is 1. The van der Waals surface area contributed by atoms with E-state index < -0.39 is 26.5 Å². The molecule has 0 atom stereocenters. The number of hydrogen-bond acceptors (Lipinski definition) is 5. The summed E-state index contributed by atoms with van der Waals surface area (Å²) in [6.45, 7) is 0. The molecule has 0 bridgehead atoms. The first-order valence-electron chi connectivity index (χ1n) is 7.30. The van der Waals surface area contributed by atoms with Gasteiger partial charge < -0.3 is 5.32 Å². The number of nitro benzene ring substituents is 1. The van der Waals surface area contributed by atoms with E-state index >= 15 is 0 Å². The minimum Gasteiger partial charge on any atom is -0.326 e. The standard InChI is InChI=1S/C16H15FN2O5S/c17-12-6-8-15(9-7-12)25(23,24)10-2-5-16(20)18-13-3-1-4-14(11-13)19(21)22/h1,3-4,6-9,11H,2,5,10H2,(H,18,20). The van der Waals surface area contributed by atoms with Gasteiger partial charge in [0, 0.05) is 24.2 Å². The zero-order valence-electron chi connectivity index (χ0n) is 13.0. The molecule has 7 nitrogen and oxygen atoms in total. The minimum atomic E-state index is -3.60. The zero-order valence-corrected chi connectivity index (χ0v) is 13.8. The first-order valence-corrected chi connectivity index (χ1v) is 8.96. The first kappa shape index (κ1) is 18.5. The number of nitrogens with zero attached hydrogens (tertiary/aromatic N) is 1. The summed E-state index contributed by atoms with van der Waals surface area (Å²) in [5, 5.41) is 13.2. The molecule has 0 unspecified atom stereocenters. The van der Waals surface area contributed by atoms with Gasteiger partial charge in [-0.1, -0.05) is 6.07 Å². The summed E-state index contributed by atoms with van der Waals surface area (Å²) in [7, 11) is -3.60. The molecule has 1 N–H and O–H groups in total. The van der Waals surface area contributed by atoms with Crippen LogP contribution in [0.1, 0.15) is 12.8 Å². The van der Waals surface area contributed by atoms with Gasteiger partial charge in [-0.2, -0.15) is 0 Å². The lowest BCUT2D eigenvalue weighted by Crippen LogP contribution is -2.14. The van der Waals surface area contributed by atoms with E-state index in [9.17, 15) is 27.7 Å². The summed E-state index contributed by atoms with van der Waals surface area (Å²) in [6.07, 6.45) is 0.00356. The topological polar surface area (TPSA) is 106 Å². The van der Waals surface area contributed by atoms with Crippen molar-refractivity contribution in [2.45, 2.75) is 17.7 Å². The Balaban J connectivity index is 1.89. The van der Waals surface area contributed by atoms with Gasteiger partial charge in [0.05, 0.1) is 15.6 Å². The monoisotopic (exact) mass is 366 g/mol. The first-order chi connectivity index (χ1) is 11.8. The molecule has 1 amide bonds. The van der Waals surface area contributed by atoms with Gasteiger partial charge in [-0.3, -0.25) is 14.9 Å². The van der Waals surface area contributed by atoms with Crippen LogP contribution in [0, 0.1) is 15.9 Å². The fraction of sp³-hybridized carbons (Fsp3) is 0.188. The summed E-state index contributed by atoms with van der Waals surface area (Å²) < 4.78 is 37.0. The largest absolute Gasteiger partial charge is 0.326 e. The molecule has 2 aromatic carbocycles. The number of nitrogens with one attached hydrogen (secondary N) is 1. The molecule has 0 aliphatic carbocycles. The molecule has 0 heterocycles. The fourth-order valence-corrected chi connectivity index (χ4v) is 3.41. The summed E-state index contributed by atoms with van der Waals surface area (Å²) in [5.41, 5.74) is 0.109. The quantitative estimate of drug-likeness (QED) is 0.461. The number of halogens is 1. The van der Waals surface area contributed by atoms with Crippen molar-refractivity contribution >= 4 is 27.1 Å². The Morgan fingerprint density at radius 2 is 1.84 bits per heavy atom. The number of carbonyl (C=O) groups excluding carboxylic acids is 1. The van der Waals surface area contributed by atoms with Gasteiger partial charge in [-0.25, -0.2) is 12.8 Å². The van der Waals surface area contributed by atoms with E-state index in [1.807, 2.05) is 0 Å². The fourth-order valence-electron chi connectivity index (χ4n) is 2.10. The molecular formula is C16H15FN2O5S. The number of non-ortho nitro benzene ring substituents is 1. The van der Waals surface area contributed by atoms with Gasteiger partial charge >= 0.3 is 0 Å². The Hall–Kier alpha value is -2.81. The van der Waals surface area contributed by atoms with Crippen molar-refractivity contribution in [1.29, 1.82) is 0 Å². The van der Waals surface area contributed by atoms with Crippen molar-refractivity contribution < 1.29 is 22.5 Å². The van der Waals surface area contributed by atoms with E-state index in [4.69, 9.17) is 0 Å². The van der Waals surface area contributed by atoms with Crippen LogP contribution in [0.2, 0.25) is 0 Å². The number of carbonyl (C=O) groups is 1. The van der Waals surface area contributed by atoms with Gasteiger partial charge in [0.15, 0.2) is 9.84 Å². The predicted molar refractivity (Wildman–Crippen MR) is 89.4 cm³/mol. The van der Waals surface area contributed by atoms with E-state index in [0.29, 0.717) is 0 Å². The number of nitro groups is 1. The lowest BCUT2D eigenvalue weighted by Gasteiger charge is -2.06. The predicted octanol–water partition coefficient (Wildman–Crippen LogP) is 2.93. The third-order valence-electron chi connectivity index (χ3n) is 3.33. The third-order valence-corrected chi connectivity index (χ3v) is 5.15. The van der Waals surface area contributed by atoms with Crippen molar-refractivity contribution in [3.63, 3.8) is 0 Å². The van der Waals surface area contributed by atoms with Crippen molar-refractivity contribution in [3.8, 4) is 0 Å². The number of hydrogen-bond donors (Lipinski definition) is 1. The molecule has 0 radical (unpaired) electrons. The van der Waals surface area contributed by atoms with E-state index in [0.717, 1.165) is 12.1 Å². The van der Waals surface area contributed by atoms with Gasteiger partial charge in [0.1, 0.15) is 5.82 Å². The van der Waals surface area contributed by atoms with Crippen LogP contribution in [-0.4, -0.2) is 25.0 Å². The molecule has 2 aromatic rings. The summed E-state index contributed by atoms with van der Waals surface area (Å²) in [4.78, 5) is 21.9. The molecule has 0 spiro atoms. The number of benzene rings is 2. The molecule has 0 saturated heterocycles. The van der Waals surface area contributed by atoms with Crippen LogP contribution >= 0.6 is 0 Å². The molecule has 0 aromatic heterocycles. The lowest BCUT2D eigenvalue weighted by molar-refractivity contribution is -0.384. The van der Waals surface area contributed by atoms with E-state index in [1.165, 1.54) is 36.4 Å². The van der Waals surface area contributed by atoms with Crippen LogP contribution in [0.15, 0.2) is 53.4 Å². The second-order valence-electron chi connectivity index (χ2n) is 5.23. The van der Waals surface area contributed by atoms with Crippen molar-refractivity contribution in [2.24, 2.45) is 0 Å². The maximum atomic E-state index is 12.8.